The van der Waals surface area contributed by atoms with Gasteiger partial charge in [-0.25, -0.2) is 0 Å². The number of pyridine rings is 1. The van der Waals surface area contributed by atoms with Crippen LogP contribution in [0.25, 0.3) is 10.8 Å². The molecule has 1 unspecified atom stereocenters. The van der Waals surface area contributed by atoms with E-state index in [0.717, 1.165) is 5.39 Å². The van der Waals surface area contributed by atoms with Crippen LogP contribution in [0, 0.1) is 0 Å². The van der Waals surface area contributed by atoms with Gasteiger partial charge in [0, 0.05) is 37.6 Å². The van der Waals surface area contributed by atoms with Crippen molar-refractivity contribution in [2.75, 3.05) is 13.2 Å². The van der Waals surface area contributed by atoms with Crippen molar-refractivity contribution in [2.45, 2.75) is 39.3 Å². The molecule has 0 spiro atoms. The second-order valence-electron chi connectivity index (χ2n) is 7.13. The zero-order valence-electron chi connectivity index (χ0n) is 15.5. The number of aryl methyl sites for hydroxylation is 1. The highest BCUT2D eigenvalue weighted by molar-refractivity contribution is 5.87. The Hall–Kier alpha value is -2.34. The highest BCUT2D eigenvalue weighted by Crippen LogP contribution is 2.22. The van der Waals surface area contributed by atoms with Crippen LogP contribution in [0.4, 0.5) is 0 Å². The van der Waals surface area contributed by atoms with E-state index in [1.807, 2.05) is 39.0 Å². The molecule has 0 bridgehead atoms. The summed E-state index contributed by atoms with van der Waals surface area (Å²) in [5.74, 6) is 0.236. The van der Waals surface area contributed by atoms with Crippen molar-refractivity contribution in [1.29, 1.82) is 0 Å². The number of nitrogens with zero attached hydrogens (tertiary/aromatic N) is 1. The number of carbonyl (C=O) groups is 1. The molecule has 136 valence electrons. The lowest BCUT2D eigenvalue weighted by Gasteiger charge is -2.25. The lowest BCUT2D eigenvalue weighted by Crippen LogP contribution is -2.44. The van der Waals surface area contributed by atoms with E-state index in [4.69, 9.17) is 9.47 Å². The summed E-state index contributed by atoms with van der Waals surface area (Å²) in [6.45, 7) is 8.18. The third-order valence-corrected chi connectivity index (χ3v) is 3.67. The summed E-state index contributed by atoms with van der Waals surface area (Å²) in [7, 11) is 1.69. The standard InChI is InChI=1S/C19H26N2O4/c1-13(22)25-14(10-20-19(2,3)4)12-24-17-11-21(5)18(23)16-9-7-6-8-15(16)17/h6-9,11,14,20H,10,12H2,1-5H3. The van der Waals surface area contributed by atoms with Crippen LogP contribution in [0.1, 0.15) is 27.7 Å². The largest absolute Gasteiger partial charge is 0.487 e. The summed E-state index contributed by atoms with van der Waals surface area (Å²) < 4.78 is 12.7. The molecule has 2 rings (SSSR count). The molecule has 25 heavy (non-hydrogen) atoms. The number of ether oxygens (including phenoxy) is 2. The van der Waals surface area contributed by atoms with Crippen LogP contribution in [-0.4, -0.2) is 35.3 Å². The average Bonchev–Trinajstić information content (AvgIpc) is 2.53. The Kier molecular flexibility index (Phi) is 5.85. The lowest BCUT2D eigenvalue weighted by molar-refractivity contribution is -0.147. The van der Waals surface area contributed by atoms with E-state index in [1.54, 1.807) is 19.3 Å². The van der Waals surface area contributed by atoms with Crippen molar-refractivity contribution in [3.63, 3.8) is 0 Å². The van der Waals surface area contributed by atoms with Crippen LogP contribution in [0.3, 0.4) is 0 Å². The molecule has 0 saturated carbocycles. The summed E-state index contributed by atoms with van der Waals surface area (Å²) in [6.07, 6.45) is 1.24. The van der Waals surface area contributed by atoms with Gasteiger partial charge >= 0.3 is 5.97 Å². The van der Waals surface area contributed by atoms with E-state index in [2.05, 4.69) is 5.32 Å². The van der Waals surface area contributed by atoms with Gasteiger partial charge in [0.2, 0.25) is 0 Å². The van der Waals surface area contributed by atoms with Crippen LogP contribution in [-0.2, 0) is 16.6 Å². The first-order valence-electron chi connectivity index (χ1n) is 8.31. The maximum atomic E-state index is 12.2. The van der Waals surface area contributed by atoms with Crippen LogP contribution in [0.2, 0.25) is 0 Å². The molecule has 0 amide bonds. The number of hydrogen-bond donors (Lipinski definition) is 1. The molecule has 0 aliphatic heterocycles. The van der Waals surface area contributed by atoms with Gasteiger partial charge < -0.3 is 19.4 Å². The average molecular weight is 346 g/mol. The molecule has 1 N–H and O–H groups in total. The van der Waals surface area contributed by atoms with Gasteiger partial charge in [0.1, 0.15) is 18.5 Å². The minimum Gasteiger partial charge on any atom is -0.487 e. The van der Waals surface area contributed by atoms with E-state index in [9.17, 15) is 9.59 Å². The molecule has 1 aromatic heterocycles. The second-order valence-corrected chi connectivity index (χ2v) is 7.13. The number of benzene rings is 1. The number of fused-ring (bicyclic) bond motifs is 1. The highest BCUT2D eigenvalue weighted by atomic mass is 16.6. The van der Waals surface area contributed by atoms with Gasteiger partial charge in [-0.05, 0) is 26.8 Å². The summed E-state index contributed by atoms with van der Waals surface area (Å²) in [5.41, 5.74) is -0.171. The Bertz CT molecular complexity index is 805. The predicted molar refractivity (Wildman–Crippen MR) is 98.0 cm³/mol. The summed E-state index contributed by atoms with van der Waals surface area (Å²) >= 11 is 0. The zero-order chi connectivity index (χ0) is 18.6. The van der Waals surface area contributed by atoms with E-state index in [1.165, 1.54) is 11.5 Å². The minimum atomic E-state index is -0.423. The number of aromatic nitrogens is 1. The minimum absolute atomic E-state index is 0.0751. The van der Waals surface area contributed by atoms with Gasteiger partial charge in [-0.15, -0.1) is 0 Å². The molecule has 6 heteroatoms. The number of hydrogen-bond acceptors (Lipinski definition) is 5. The Labute approximate surface area is 147 Å². The third-order valence-electron chi connectivity index (χ3n) is 3.67. The van der Waals surface area contributed by atoms with Gasteiger partial charge in [-0.2, -0.15) is 0 Å². The Balaban J connectivity index is 2.19. The molecule has 2 aromatic rings. The predicted octanol–water partition coefficient (Wildman–Crippen LogP) is 2.24. The summed E-state index contributed by atoms with van der Waals surface area (Å²) in [5, 5.41) is 4.65. The normalized spacial score (nSPS) is 12.8. The molecule has 0 radical (unpaired) electrons. The number of rotatable bonds is 6. The molecule has 0 aliphatic rings. The molecule has 0 aliphatic carbocycles. The smallest absolute Gasteiger partial charge is 0.303 e. The Morgan fingerprint density at radius 3 is 2.48 bits per heavy atom. The monoisotopic (exact) mass is 346 g/mol. The molecular weight excluding hydrogens is 320 g/mol. The molecule has 1 atom stereocenters. The lowest BCUT2D eigenvalue weighted by atomic mass is 10.1. The molecule has 0 saturated heterocycles. The van der Waals surface area contributed by atoms with Gasteiger partial charge in [-0.3, -0.25) is 9.59 Å². The number of esters is 1. The van der Waals surface area contributed by atoms with E-state index in [0.29, 0.717) is 17.7 Å². The van der Waals surface area contributed by atoms with E-state index >= 15 is 0 Å². The van der Waals surface area contributed by atoms with Crippen molar-refractivity contribution in [1.82, 2.24) is 9.88 Å². The van der Waals surface area contributed by atoms with E-state index in [-0.39, 0.29) is 23.7 Å². The van der Waals surface area contributed by atoms with Gasteiger partial charge in [0.15, 0.2) is 0 Å². The van der Waals surface area contributed by atoms with Gasteiger partial charge in [0.05, 0.1) is 5.39 Å². The SMILES string of the molecule is CC(=O)OC(CNC(C)(C)C)COc1cn(C)c(=O)c2ccccc12. The third kappa shape index (κ3) is 5.32. The Morgan fingerprint density at radius 1 is 1.24 bits per heavy atom. The highest BCUT2D eigenvalue weighted by Gasteiger charge is 2.18. The topological polar surface area (TPSA) is 69.6 Å². The van der Waals surface area contributed by atoms with Crippen molar-refractivity contribution in [3.8, 4) is 5.75 Å². The zero-order valence-corrected chi connectivity index (χ0v) is 15.5. The van der Waals surface area contributed by atoms with Crippen molar-refractivity contribution >= 4 is 16.7 Å². The molecular formula is C19H26N2O4. The van der Waals surface area contributed by atoms with Crippen LogP contribution < -0.4 is 15.6 Å². The van der Waals surface area contributed by atoms with Crippen LogP contribution >= 0.6 is 0 Å². The van der Waals surface area contributed by atoms with E-state index < -0.39 is 6.10 Å². The van der Waals surface area contributed by atoms with Crippen molar-refractivity contribution in [2.24, 2.45) is 7.05 Å². The fourth-order valence-electron chi connectivity index (χ4n) is 2.47. The first-order valence-corrected chi connectivity index (χ1v) is 8.31. The first-order chi connectivity index (χ1) is 11.7. The quantitative estimate of drug-likeness (QED) is 0.813. The maximum Gasteiger partial charge on any atom is 0.303 e. The van der Waals surface area contributed by atoms with Crippen LogP contribution in [0.5, 0.6) is 5.75 Å². The molecule has 6 nitrogen and oxygen atoms in total. The second kappa shape index (κ2) is 7.70. The molecule has 1 heterocycles. The molecule has 1 aromatic carbocycles. The fraction of sp³-hybridized carbons (Fsp3) is 0.474. The van der Waals surface area contributed by atoms with Gasteiger partial charge in [-0.1, -0.05) is 18.2 Å². The van der Waals surface area contributed by atoms with Crippen molar-refractivity contribution < 1.29 is 14.3 Å². The fourth-order valence-corrected chi connectivity index (χ4v) is 2.47. The number of nitrogens with one attached hydrogen (secondary N) is 1. The number of carbonyl (C=O) groups excluding carboxylic acids is 1. The first kappa shape index (κ1) is 19.0. The summed E-state index contributed by atoms with van der Waals surface area (Å²) in [4.78, 5) is 23.6. The van der Waals surface area contributed by atoms with Crippen molar-refractivity contribution in [3.05, 3.63) is 40.8 Å². The van der Waals surface area contributed by atoms with Gasteiger partial charge in [0.25, 0.3) is 5.56 Å². The summed E-state index contributed by atoms with van der Waals surface area (Å²) in [6, 6.07) is 7.30. The molecule has 0 fully saturated rings. The van der Waals surface area contributed by atoms with Crippen LogP contribution in [0.15, 0.2) is 35.3 Å². The maximum absolute atomic E-state index is 12.2. The Morgan fingerprint density at radius 2 is 1.88 bits per heavy atom.